The molecule has 1 aromatic carbocycles. The summed E-state index contributed by atoms with van der Waals surface area (Å²) in [5, 5.41) is 8.74. The van der Waals surface area contributed by atoms with Crippen molar-refractivity contribution in [2.75, 3.05) is 11.1 Å². The van der Waals surface area contributed by atoms with Gasteiger partial charge in [0.1, 0.15) is 5.82 Å². The summed E-state index contributed by atoms with van der Waals surface area (Å²) >= 11 is 0. The van der Waals surface area contributed by atoms with Crippen LogP contribution in [0.5, 0.6) is 0 Å². The zero-order valence-corrected chi connectivity index (χ0v) is 11.3. The van der Waals surface area contributed by atoms with Crippen molar-refractivity contribution in [2.24, 2.45) is 0 Å². The molecule has 0 aliphatic heterocycles. The number of H-pyrrole nitrogens is 1. The molecule has 114 valence electrons. The summed E-state index contributed by atoms with van der Waals surface area (Å²) in [6.07, 6.45) is 1.39. The molecule has 10 heteroatoms. The lowest BCUT2D eigenvalue weighted by Crippen LogP contribution is -2.24. The monoisotopic (exact) mass is 320 g/mol. The van der Waals surface area contributed by atoms with E-state index < -0.39 is 20.2 Å². The van der Waals surface area contributed by atoms with Gasteiger partial charge in [0.15, 0.2) is 0 Å². The van der Waals surface area contributed by atoms with Crippen LogP contribution in [0, 0.1) is 0 Å². The Bertz CT molecular complexity index is 740. The van der Waals surface area contributed by atoms with E-state index in [9.17, 15) is 21.6 Å². The normalized spacial score (nSPS) is 12.3. The number of benzene rings is 1. The van der Waals surface area contributed by atoms with Gasteiger partial charge in [-0.05, 0) is 12.1 Å². The van der Waals surface area contributed by atoms with Crippen LogP contribution < -0.4 is 11.1 Å². The standard InChI is InChI=1S/C11H11F3N4O2S/c12-11(13,14)21(19,20)9-4-2-1-3-8(9)16-5-7-6-17-18-10(7)15/h1-4,6,16H,5H2,(H3,15,17,18). The quantitative estimate of drug-likeness (QED) is 0.799. The minimum Gasteiger partial charge on any atom is -0.384 e. The average Bonchev–Trinajstić information content (AvgIpc) is 2.81. The van der Waals surface area contributed by atoms with E-state index in [1.165, 1.54) is 24.4 Å². The molecule has 0 fully saturated rings. The number of aromatic amines is 1. The summed E-state index contributed by atoms with van der Waals surface area (Å²) in [6.45, 7) is 0.0344. The fourth-order valence-electron chi connectivity index (χ4n) is 1.62. The van der Waals surface area contributed by atoms with E-state index >= 15 is 0 Å². The number of aromatic nitrogens is 2. The van der Waals surface area contributed by atoms with Gasteiger partial charge < -0.3 is 11.1 Å². The van der Waals surface area contributed by atoms with Crippen molar-refractivity contribution in [1.82, 2.24) is 10.2 Å². The van der Waals surface area contributed by atoms with E-state index in [4.69, 9.17) is 5.73 Å². The molecule has 0 aliphatic rings. The average molecular weight is 320 g/mol. The predicted octanol–water partition coefficient (Wildman–Crippen LogP) is 1.90. The van der Waals surface area contributed by atoms with Crippen molar-refractivity contribution in [3.63, 3.8) is 0 Å². The number of nitrogens with one attached hydrogen (secondary N) is 2. The number of hydrogen-bond donors (Lipinski definition) is 3. The van der Waals surface area contributed by atoms with E-state index in [0.717, 1.165) is 6.07 Å². The van der Waals surface area contributed by atoms with Crippen molar-refractivity contribution in [1.29, 1.82) is 0 Å². The highest BCUT2D eigenvalue weighted by Gasteiger charge is 2.47. The second-order valence-electron chi connectivity index (χ2n) is 4.11. The molecule has 6 nitrogen and oxygen atoms in total. The first kappa shape index (κ1) is 15.2. The summed E-state index contributed by atoms with van der Waals surface area (Å²) in [5.74, 6) is 0.249. The molecule has 0 saturated carbocycles. The third-order valence-electron chi connectivity index (χ3n) is 2.70. The highest BCUT2D eigenvalue weighted by Crippen LogP contribution is 2.34. The Kier molecular flexibility index (Phi) is 3.81. The molecule has 21 heavy (non-hydrogen) atoms. The number of anilines is 2. The van der Waals surface area contributed by atoms with Crippen LogP contribution in [-0.2, 0) is 16.4 Å². The highest BCUT2D eigenvalue weighted by molar-refractivity contribution is 7.92. The topological polar surface area (TPSA) is 101 Å². The number of alkyl halides is 3. The van der Waals surface area contributed by atoms with Crippen LogP contribution in [0.2, 0.25) is 0 Å². The smallest absolute Gasteiger partial charge is 0.384 e. The van der Waals surface area contributed by atoms with Gasteiger partial charge in [-0.15, -0.1) is 0 Å². The summed E-state index contributed by atoms with van der Waals surface area (Å²) in [4.78, 5) is -0.834. The lowest BCUT2D eigenvalue weighted by Gasteiger charge is -2.13. The number of hydrogen-bond acceptors (Lipinski definition) is 5. The Morgan fingerprint density at radius 1 is 1.29 bits per heavy atom. The number of nitrogens with two attached hydrogens (primary N) is 1. The summed E-state index contributed by atoms with van der Waals surface area (Å²) in [6, 6.07) is 4.78. The molecule has 0 spiro atoms. The fourth-order valence-corrected chi connectivity index (χ4v) is 2.56. The number of para-hydroxylation sites is 1. The molecular weight excluding hydrogens is 309 g/mol. The highest BCUT2D eigenvalue weighted by atomic mass is 32.2. The third kappa shape index (κ3) is 2.94. The molecule has 0 aliphatic carbocycles. The van der Waals surface area contributed by atoms with Crippen molar-refractivity contribution in [3.8, 4) is 0 Å². The van der Waals surface area contributed by atoms with E-state index in [0.29, 0.717) is 5.56 Å². The van der Waals surface area contributed by atoms with E-state index in [2.05, 4.69) is 15.5 Å². The van der Waals surface area contributed by atoms with Gasteiger partial charge in [-0.2, -0.15) is 18.3 Å². The first-order valence-electron chi connectivity index (χ1n) is 5.65. The summed E-state index contributed by atoms with van der Waals surface area (Å²) < 4.78 is 60.9. The minimum absolute atomic E-state index is 0.0344. The van der Waals surface area contributed by atoms with Crippen LogP contribution in [0.25, 0.3) is 0 Å². The van der Waals surface area contributed by atoms with E-state index in [1.54, 1.807) is 0 Å². The lowest BCUT2D eigenvalue weighted by atomic mass is 10.3. The SMILES string of the molecule is Nc1[nH]ncc1CNc1ccccc1S(=O)(=O)C(F)(F)F. The summed E-state index contributed by atoms with van der Waals surface area (Å²) in [7, 11) is -5.43. The lowest BCUT2D eigenvalue weighted by molar-refractivity contribution is -0.0435. The molecule has 0 saturated heterocycles. The predicted molar refractivity (Wildman–Crippen MR) is 70.0 cm³/mol. The van der Waals surface area contributed by atoms with Gasteiger partial charge in [0, 0.05) is 12.1 Å². The van der Waals surface area contributed by atoms with Gasteiger partial charge in [0.25, 0.3) is 9.84 Å². The van der Waals surface area contributed by atoms with Gasteiger partial charge >= 0.3 is 5.51 Å². The van der Waals surface area contributed by atoms with Crippen molar-refractivity contribution < 1.29 is 21.6 Å². The molecule has 0 bridgehead atoms. The first-order chi connectivity index (χ1) is 9.73. The Balaban J connectivity index is 2.32. The molecule has 0 radical (unpaired) electrons. The van der Waals surface area contributed by atoms with Crippen LogP contribution in [0.1, 0.15) is 5.56 Å². The van der Waals surface area contributed by atoms with Crippen molar-refractivity contribution in [3.05, 3.63) is 36.0 Å². The van der Waals surface area contributed by atoms with E-state index in [1.807, 2.05) is 0 Å². The van der Waals surface area contributed by atoms with Crippen molar-refractivity contribution >= 4 is 21.3 Å². The number of halogens is 3. The number of rotatable bonds is 4. The maximum Gasteiger partial charge on any atom is 0.501 e. The molecule has 2 aromatic rings. The maximum atomic E-state index is 12.6. The molecule has 4 N–H and O–H groups in total. The Labute approximate surface area is 118 Å². The maximum absolute atomic E-state index is 12.6. The van der Waals surface area contributed by atoms with Crippen LogP contribution in [0.4, 0.5) is 24.7 Å². The summed E-state index contributed by atoms with van der Waals surface area (Å²) in [5.41, 5.74) is 0.531. The molecule has 0 amide bonds. The molecule has 0 atom stereocenters. The minimum atomic E-state index is -5.43. The van der Waals surface area contributed by atoms with Gasteiger partial charge in [0.05, 0.1) is 16.8 Å². The number of sulfone groups is 1. The molecule has 1 heterocycles. The Hall–Kier alpha value is -2.23. The number of nitrogen functional groups attached to an aromatic ring is 1. The van der Waals surface area contributed by atoms with Gasteiger partial charge in [-0.3, -0.25) is 5.10 Å². The second-order valence-corrected chi connectivity index (χ2v) is 6.02. The van der Waals surface area contributed by atoms with Gasteiger partial charge in [-0.1, -0.05) is 12.1 Å². The fraction of sp³-hybridized carbons (Fsp3) is 0.182. The zero-order valence-electron chi connectivity index (χ0n) is 10.5. The van der Waals surface area contributed by atoms with Crippen LogP contribution in [0.3, 0.4) is 0 Å². The molecular formula is C11H11F3N4O2S. The first-order valence-corrected chi connectivity index (χ1v) is 7.14. The van der Waals surface area contributed by atoms with Crippen LogP contribution in [-0.4, -0.2) is 24.1 Å². The van der Waals surface area contributed by atoms with Gasteiger partial charge in [-0.25, -0.2) is 8.42 Å². The Morgan fingerprint density at radius 2 is 1.95 bits per heavy atom. The van der Waals surface area contributed by atoms with Crippen LogP contribution >= 0.6 is 0 Å². The van der Waals surface area contributed by atoms with Gasteiger partial charge in [0.2, 0.25) is 0 Å². The second kappa shape index (κ2) is 5.28. The molecule has 1 aromatic heterocycles. The number of nitrogens with zero attached hydrogens (tertiary/aromatic N) is 1. The molecule has 2 rings (SSSR count). The largest absolute Gasteiger partial charge is 0.501 e. The van der Waals surface area contributed by atoms with Crippen molar-refractivity contribution in [2.45, 2.75) is 16.9 Å². The molecule has 0 unspecified atom stereocenters. The van der Waals surface area contributed by atoms with E-state index in [-0.39, 0.29) is 18.1 Å². The zero-order chi connectivity index (χ0) is 15.7. The van der Waals surface area contributed by atoms with Crippen LogP contribution in [0.15, 0.2) is 35.4 Å². The third-order valence-corrected chi connectivity index (χ3v) is 4.25. The Morgan fingerprint density at radius 3 is 2.52 bits per heavy atom.